The fraction of sp³-hybridized carbons (Fsp3) is 0.429. The summed E-state index contributed by atoms with van der Waals surface area (Å²) < 4.78 is 10.7. The van der Waals surface area contributed by atoms with Crippen LogP contribution >= 0.6 is 0 Å². The number of fused-ring (bicyclic) bond motifs is 1. The minimum atomic E-state index is -0.542. The number of methoxy groups -OCH3 is 1. The maximum atomic E-state index is 5.35. The van der Waals surface area contributed by atoms with Crippen LogP contribution in [0.5, 0.6) is 0 Å². The number of aromatic nitrogens is 2. The molecule has 100 valence electrons. The molecule has 1 aliphatic heterocycles. The van der Waals surface area contributed by atoms with Crippen LogP contribution < -0.4 is 5.32 Å². The van der Waals surface area contributed by atoms with Gasteiger partial charge in [0.25, 0.3) is 5.89 Å². The summed E-state index contributed by atoms with van der Waals surface area (Å²) in [5, 5.41) is 7.33. The minimum absolute atomic E-state index is 0.537. The van der Waals surface area contributed by atoms with Crippen molar-refractivity contribution in [2.24, 2.45) is 0 Å². The summed E-state index contributed by atoms with van der Waals surface area (Å²) in [5.74, 6) is 1.10. The summed E-state index contributed by atoms with van der Waals surface area (Å²) >= 11 is 0. The van der Waals surface area contributed by atoms with Crippen LogP contribution in [-0.2, 0) is 16.8 Å². The first kappa shape index (κ1) is 12.2. The second kappa shape index (κ2) is 4.35. The lowest BCUT2D eigenvalue weighted by atomic mass is 10.1. The monoisotopic (exact) mass is 259 g/mol. The molecule has 0 saturated heterocycles. The zero-order valence-electron chi connectivity index (χ0n) is 11.4. The van der Waals surface area contributed by atoms with Crippen LogP contribution in [0, 0.1) is 0 Å². The average molecular weight is 259 g/mol. The lowest BCUT2D eigenvalue weighted by Crippen LogP contribution is -2.21. The predicted octanol–water partition coefficient (Wildman–Crippen LogP) is 2.59. The molecule has 0 atom stereocenters. The fourth-order valence-corrected chi connectivity index (χ4v) is 2.11. The first-order valence-corrected chi connectivity index (χ1v) is 6.37. The van der Waals surface area contributed by atoms with Crippen LogP contribution in [0.25, 0.3) is 11.5 Å². The number of anilines is 1. The number of hydrogen-bond donors (Lipinski definition) is 1. The van der Waals surface area contributed by atoms with Gasteiger partial charge in [-0.3, -0.25) is 0 Å². The van der Waals surface area contributed by atoms with Crippen LogP contribution in [-0.4, -0.2) is 23.8 Å². The molecule has 1 N–H and O–H groups in total. The van der Waals surface area contributed by atoms with Crippen LogP contribution in [0.3, 0.4) is 0 Å². The van der Waals surface area contributed by atoms with E-state index in [1.54, 1.807) is 7.11 Å². The fourth-order valence-electron chi connectivity index (χ4n) is 2.11. The van der Waals surface area contributed by atoms with Crippen molar-refractivity contribution in [3.8, 4) is 11.5 Å². The Morgan fingerprint density at radius 3 is 3.00 bits per heavy atom. The van der Waals surface area contributed by atoms with Crippen LogP contribution in [0.1, 0.15) is 25.2 Å². The molecular formula is C14H17N3O2. The van der Waals surface area contributed by atoms with Gasteiger partial charge in [-0.15, -0.1) is 0 Å². The van der Waals surface area contributed by atoms with Gasteiger partial charge < -0.3 is 14.6 Å². The summed E-state index contributed by atoms with van der Waals surface area (Å²) in [6, 6.07) is 6.16. The van der Waals surface area contributed by atoms with Gasteiger partial charge in [-0.25, -0.2) is 0 Å². The third-order valence-corrected chi connectivity index (χ3v) is 3.54. The highest BCUT2D eigenvalue weighted by molar-refractivity contribution is 5.65. The van der Waals surface area contributed by atoms with Crippen LogP contribution in [0.2, 0.25) is 0 Å². The molecule has 1 aromatic heterocycles. The van der Waals surface area contributed by atoms with Crippen LogP contribution in [0.15, 0.2) is 22.7 Å². The van der Waals surface area contributed by atoms with E-state index in [4.69, 9.17) is 9.26 Å². The van der Waals surface area contributed by atoms with E-state index in [1.807, 2.05) is 19.9 Å². The molecular weight excluding hydrogens is 242 g/mol. The Bertz CT molecular complexity index is 604. The summed E-state index contributed by atoms with van der Waals surface area (Å²) in [4.78, 5) is 4.43. The van der Waals surface area contributed by atoms with Crippen molar-refractivity contribution in [2.45, 2.75) is 25.9 Å². The van der Waals surface area contributed by atoms with E-state index in [9.17, 15) is 0 Å². The van der Waals surface area contributed by atoms with Gasteiger partial charge >= 0.3 is 0 Å². The number of rotatable bonds is 3. The molecule has 19 heavy (non-hydrogen) atoms. The third-order valence-electron chi connectivity index (χ3n) is 3.54. The smallest absolute Gasteiger partial charge is 0.258 e. The molecule has 2 aromatic rings. The minimum Gasteiger partial charge on any atom is -0.384 e. The van der Waals surface area contributed by atoms with E-state index in [0.29, 0.717) is 11.7 Å². The van der Waals surface area contributed by atoms with Gasteiger partial charge in [-0.1, -0.05) is 5.16 Å². The Balaban J connectivity index is 1.95. The number of hydrogen-bond acceptors (Lipinski definition) is 5. The maximum Gasteiger partial charge on any atom is 0.258 e. The molecule has 0 spiro atoms. The summed E-state index contributed by atoms with van der Waals surface area (Å²) in [7, 11) is 1.64. The highest BCUT2D eigenvalue weighted by atomic mass is 16.5. The van der Waals surface area contributed by atoms with Gasteiger partial charge in [0.15, 0.2) is 0 Å². The molecule has 0 saturated carbocycles. The highest BCUT2D eigenvalue weighted by Gasteiger charge is 2.26. The Morgan fingerprint density at radius 1 is 1.37 bits per heavy atom. The van der Waals surface area contributed by atoms with Gasteiger partial charge in [0.1, 0.15) is 5.60 Å². The number of ether oxygens (including phenoxy) is 1. The molecule has 0 fully saturated rings. The van der Waals surface area contributed by atoms with Gasteiger partial charge in [0.05, 0.1) is 0 Å². The first-order chi connectivity index (χ1) is 9.10. The molecule has 0 aliphatic carbocycles. The molecule has 0 unspecified atom stereocenters. The average Bonchev–Trinajstić information content (AvgIpc) is 3.06. The standard InChI is InChI=1S/C14H17N3O2/c1-14(2,18-3)13-16-12(19-17-13)10-4-5-11-9(8-10)6-7-15-11/h4-5,8,15H,6-7H2,1-3H3. The third kappa shape index (κ3) is 2.10. The van der Waals surface area contributed by atoms with Crippen molar-refractivity contribution in [3.05, 3.63) is 29.6 Å². The molecule has 5 nitrogen and oxygen atoms in total. The Morgan fingerprint density at radius 2 is 2.21 bits per heavy atom. The highest BCUT2D eigenvalue weighted by Crippen LogP contribution is 2.29. The van der Waals surface area contributed by atoms with Crippen LogP contribution in [0.4, 0.5) is 5.69 Å². The van der Waals surface area contributed by atoms with E-state index in [-0.39, 0.29) is 0 Å². The maximum absolute atomic E-state index is 5.35. The summed E-state index contributed by atoms with van der Waals surface area (Å²) in [5.41, 5.74) is 2.90. The number of benzene rings is 1. The molecule has 0 radical (unpaired) electrons. The lowest BCUT2D eigenvalue weighted by molar-refractivity contribution is 0.00973. The Kier molecular flexibility index (Phi) is 2.78. The van der Waals surface area contributed by atoms with E-state index < -0.39 is 5.60 Å². The first-order valence-electron chi connectivity index (χ1n) is 6.37. The van der Waals surface area contributed by atoms with Gasteiger partial charge in [-0.2, -0.15) is 4.98 Å². The van der Waals surface area contributed by atoms with Gasteiger partial charge in [-0.05, 0) is 44.0 Å². The molecule has 2 heterocycles. The second-order valence-electron chi connectivity index (χ2n) is 5.19. The largest absolute Gasteiger partial charge is 0.384 e. The zero-order valence-corrected chi connectivity index (χ0v) is 11.4. The lowest BCUT2D eigenvalue weighted by Gasteiger charge is -2.17. The Hall–Kier alpha value is -1.88. The number of nitrogens with one attached hydrogen (secondary N) is 1. The topological polar surface area (TPSA) is 60.2 Å². The number of nitrogens with zero attached hydrogens (tertiary/aromatic N) is 2. The van der Waals surface area contributed by atoms with Crippen molar-refractivity contribution in [1.29, 1.82) is 0 Å². The van der Waals surface area contributed by atoms with Crippen molar-refractivity contribution in [1.82, 2.24) is 10.1 Å². The second-order valence-corrected chi connectivity index (χ2v) is 5.19. The summed E-state index contributed by atoms with van der Waals surface area (Å²) in [6.07, 6.45) is 1.04. The molecule has 0 bridgehead atoms. The summed E-state index contributed by atoms with van der Waals surface area (Å²) in [6.45, 7) is 4.81. The SMILES string of the molecule is COC(C)(C)c1noc(-c2ccc3c(c2)CCN3)n1. The van der Waals surface area contributed by atoms with E-state index in [0.717, 1.165) is 18.5 Å². The van der Waals surface area contributed by atoms with Crippen molar-refractivity contribution in [3.63, 3.8) is 0 Å². The Labute approximate surface area is 112 Å². The molecule has 1 aromatic carbocycles. The van der Waals surface area contributed by atoms with E-state index >= 15 is 0 Å². The molecule has 0 amide bonds. The van der Waals surface area contributed by atoms with Gasteiger partial charge in [0, 0.05) is 24.9 Å². The molecule has 5 heteroatoms. The van der Waals surface area contributed by atoms with Crippen molar-refractivity contribution < 1.29 is 9.26 Å². The van der Waals surface area contributed by atoms with E-state index in [1.165, 1.54) is 11.3 Å². The molecule has 1 aliphatic rings. The quantitative estimate of drug-likeness (QED) is 0.918. The zero-order chi connectivity index (χ0) is 13.5. The molecule has 3 rings (SSSR count). The van der Waals surface area contributed by atoms with Crippen molar-refractivity contribution >= 4 is 5.69 Å². The van der Waals surface area contributed by atoms with E-state index in [2.05, 4.69) is 27.6 Å². The predicted molar refractivity (Wildman–Crippen MR) is 72.0 cm³/mol. The van der Waals surface area contributed by atoms with Gasteiger partial charge in [0.2, 0.25) is 5.82 Å². The normalized spacial score (nSPS) is 14.3. The van der Waals surface area contributed by atoms with Crippen molar-refractivity contribution in [2.75, 3.05) is 19.0 Å².